The molecule has 128 valence electrons. The molecule has 0 radical (unpaired) electrons. The van der Waals surface area contributed by atoms with Crippen LogP contribution in [0.5, 0.6) is 0 Å². The van der Waals surface area contributed by atoms with Crippen molar-refractivity contribution in [3.8, 4) is 11.8 Å². The molecular weight excluding hydrogens is 310 g/mol. The summed E-state index contributed by atoms with van der Waals surface area (Å²) in [6.07, 6.45) is 1.17. The zero-order chi connectivity index (χ0) is 17.3. The number of furan rings is 1. The zero-order valence-corrected chi connectivity index (χ0v) is 14.2. The lowest BCUT2D eigenvalue weighted by atomic mass is 10.0. The predicted molar refractivity (Wildman–Crippen MR) is 92.6 cm³/mol. The number of fused-ring (bicyclic) bond motifs is 1. The molecule has 0 aliphatic carbocycles. The second-order valence-corrected chi connectivity index (χ2v) is 6.30. The molecule has 1 fully saturated rings. The van der Waals surface area contributed by atoms with Gasteiger partial charge in [-0.05, 0) is 38.8 Å². The number of benzene rings is 1. The second kappa shape index (κ2) is 6.45. The number of para-hydroxylation sites is 1. The van der Waals surface area contributed by atoms with Gasteiger partial charge >= 0.3 is 0 Å². The Balaban J connectivity index is 1.99. The van der Waals surface area contributed by atoms with E-state index in [1.807, 2.05) is 19.1 Å². The van der Waals surface area contributed by atoms with Crippen molar-refractivity contribution < 1.29 is 13.2 Å². The number of halogens is 2. The molecule has 0 amide bonds. The smallest absolute Gasteiger partial charge is 0.280 e. The molecule has 0 bridgehead atoms. The average molecular weight is 332 g/mol. The maximum atomic E-state index is 14.3. The van der Waals surface area contributed by atoms with Crippen molar-refractivity contribution in [3.63, 3.8) is 0 Å². The molecule has 3 rings (SSSR count). The van der Waals surface area contributed by atoms with Gasteiger partial charge < -0.3 is 14.6 Å². The number of rotatable bonds is 3. The molecule has 1 atom stereocenters. The number of anilines is 1. The van der Waals surface area contributed by atoms with Crippen LogP contribution >= 0.6 is 0 Å². The van der Waals surface area contributed by atoms with E-state index < -0.39 is 12.0 Å². The molecule has 0 saturated carbocycles. The Hall–Kier alpha value is -2.06. The molecule has 1 aliphatic heterocycles. The highest BCUT2D eigenvalue weighted by molar-refractivity contribution is 5.93. The Morgan fingerprint density at radius 2 is 2.21 bits per heavy atom. The SMILES string of the molecule is CC#Cc1oc2c(NC3CCN(C)CC3(F)F)cccc2c1CC. The molecule has 1 aliphatic rings. The van der Waals surface area contributed by atoms with Gasteiger partial charge in [0, 0.05) is 17.5 Å². The zero-order valence-electron chi connectivity index (χ0n) is 14.2. The van der Waals surface area contributed by atoms with Gasteiger partial charge in [0.15, 0.2) is 11.3 Å². The van der Waals surface area contributed by atoms with E-state index in [4.69, 9.17) is 4.42 Å². The van der Waals surface area contributed by atoms with Crippen molar-refractivity contribution in [3.05, 3.63) is 29.5 Å². The Labute approximate surface area is 141 Å². The van der Waals surface area contributed by atoms with Gasteiger partial charge in [0.25, 0.3) is 5.92 Å². The lowest BCUT2D eigenvalue weighted by molar-refractivity contribution is -0.0672. The number of nitrogens with one attached hydrogen (secondary N) is 1. The average Bonchev–Trinajstić information content (AvgIpc) is 2.88. The van der Waals surface area contributed by atoms with Crippen LogP contribution in [0.25, 0.3) is 11.0 Å². The number of hydrogen-bond donors (Lipinski definition) is 1. The molecule has 1 saturated heterocycles. The largest absolute Gasteiger partial charge is 0.445 e. The summed E-state index contributed by atoms with van der Waals surface area (Å²) in [7, 11) is 1.72. The topological polar surface area (TPSA) is 28.4 Å². The minimum Gasteiger partial charge on any atom is -0.445 e. The molecule has 2 aromatic rings. The summed E-state index contributed by atoms with van der Waals surface area (Å²) >= 11 is 0. The van der Waals surface area contributed by atoms with Crippen molar-refractivity contribution in [1.82, 2.24) is 4.90 Å². The monoisotopic (exact) mass is 332 g/mol. The Kier molecular flexibility index (Phi) is 4.51. The van der Waals surface area contributed by atoms with Crippen molar-refractivity contribution in [2.24, 2.45) is 0 Å². The van der Waals surface area contributed by atoms with Crippen LogP contribution in [-0.2, 0) is 6.42 Å². The summed E-state index contributed by atoms with van der Waals surface area (Å²) in [5.74, 6) is 3.67. The van der Waals surface area contributed by atoms with Crippen LogP contribution in [0.3, 0.4) is 0 Å². The molecule has 1 N–H and O–H groups in total. The van der Waals surface area contributed by atoms with E-state index in [1.54, 1.807) is 24.9 Å². The predicted octanol–water partition coefficient (Wildman–Crippen LogP) is 4.12. The normalized spacial score (nSPS) is 20.6. The molecule has 5 heteroatoms. The van der Waals surface area contributed by atoms with Crippen molar-refractivity contribution in [1.29, 1.82) is 0 Å². The number of aryl methyl sites for hydroxylation is 1. The minimum absolute atomic E-state index is 0.231. The first-order valence-corrected chi connectivity index (χ1v) is 8.26. The summed E-state index contributed by atoms with van der Waals surface area (Å²) in [6.45, 7) is 4.21. The van der Waals surface area contributed by atoms with Crippen LogP contribution in [0.2, 0.25) is 0 Å². The molecule has 1 aromatic carbocycles. The molecule has 0 spiro atoms. The lowest BCUT2D eigenvalue weighted by Gasteiger charge is -2.37. The highest BCUT2D eigenvalue weighted by Crippen LogP contribution is 2.35. The standard InChI is InChI=1S/C19H22F2N2O/c1-4-7-16-13(5-2)14-8-6-9-15(18(14)24-16)22-17-10-11-23(3)12-19(17,20)21/h6,8-9,17,22H,5,10-12H2,1-3H3. The van der Waals surface area contributed by atoms with E-state index in [2.05, 4.69) is 17.2 Å². The summed E-state index contributed by atoms with van der Waals surface area (Å²) in [5, 5.41) is 3.96. The number of nitrogens with zero attached hydrogens (tertiary/aromatic N) is 1. The van der Waals surface area contributed by atoms with Gasteiger partial charge in [-0.15, -0.1) is 0 Å². The molecule has 24 heavy (non-hydrogen) atoms. The first-order valence-electron chi connectivity index (χ1n) is 8.26. The summed E-state index contributed by atoms with van der Waals surface area (Å²) in [4.78, 5) is 1.66. The maximum Gasteiger partial charge on any atom is 0.280 e. The van der Waals surface area contributed by atoms with E-state index in [1.165, 1.54) is 0 Å². The van der Waals surface area contributed by atoms with Gasteiger partial charge in [-0.1, -0.05) is 25.0 Å². The van der Waals surface area contributed by atoms with Crippen LogP contribution < -0.4 is 5.32 Å². The van der Waals surface area contributed by atoms with E-state index in [-0.39, 0.29) is 6.54 Å². The van der Waals surface area contributed by atoms with Crippen LogP contribution in [0.15, 0.2) is 22.6 Å². The van der Waals surface area contributed by atoms with Crippen LogP contribution in [0, 0.1) is 11.8 Å². The minimum atomic E-state index is -2.78. The summed E-state index contributed by atoms with van der Waals surface area (Å²) in [5.41, 5.74) is 2.25. The third kappa shape index (κ3) is 2.99. The van der Waals surface area contributed by atoms with Crippen LogP contribution in [0.4, 0.5) is 14.5 Å². The van der Waals surface area contributed by atoms with Gasteiger partial charge in [-0.3, -0.25) is 0 Å². The third-order valence-corrected chi connectivity index (χ3v) is 4.53. The molecule has 1 aromatic heterocycles. The van der Waals surface area contributed by atoms with Gasteiger partial charge in [0.1, 0.15) is 0 Å². The molecule has 1 unspecified atom stereocenters. The fraction of sp³-hybridized carbons (Fsp3) is 0.474. The number of piperidine rings is 1. The Morgan fingerprint density at radius 3 is 2.88 bits per heavy atom. The summed E-state index contributed by atoms with van der Waals surface area (Å²) < 4.78 is 34.5. The van der Waals surface area contributed by atoms with Crippen molar-refractivity contribution >= 4 is 16.7 Å². The lowest BCUT2D eigenvalue weighted by Crippen LogP contribution is -2.53. The van der Waals surface area contributed by atoms with E-state index in [0.717, 1.165) is 17.4 Å². The number of alkyl halides is 2. The molecular formula is C19H22F2N2O. The van der Waals surface area contributed by atoms with E-state index in [0.29, 0.717) is 30.0 Å². The first-order chi connectivity index (χ1) is 11.5. The number of likely N-dealkylation sites (tertiary alicyclic amines) is 1. The maximum absolute atomic E-state index is 14.3. The molecule has 3 nitrogen and oxygen atoms in total. The Bertz CT molecular complexity index is 801. The Morgan fingerprint density at radius 1 is 1.42 bits per heavy atom. The highest BCUT2D eigenvalue weighted by Gasteiger charge is 2.43. The van der Waals surface area contributed by atoms with E-state index >= 15 is 0 Å². The van der Waals surface area contributed by atoms with Crippen molar-refractivity contribution in [2.75, 3.05) is 25.5 Å². The summed E-state index contributed by atoms with van der Waals surface area (Å²) in [6, 6.07) is 4.73. The van der Waals surface area contributed by atoms with Gasteiger partial charge in [-0.2, -0.15) is 0 Å². The van der Waals surface area contributed by atoms with Gasteiger partial charge in [-0.25, -0.2) is 8.78 Å². The van der Waals surface area contributed by atoms with Crippen molar-refractivity contribution in [2.45, 2.75) is 38.7 Å². The van der Waals surface area contributed by atoms with Gasteiger partial charge in [0.2, 0.25) is 0 Å². The third-order valence-electron chi connectivity index (χ3n) is 4.53. The van der Waals surface area contributed by atoms with E-state index in [9.17, 15) is 8.78 Å². The number of hydrogen-bond acceptors (Lipinski definition) is 3. The second-order valence-electron chi connectivity index (χ2n) is 6.30. The van der Waals surface area contributed by atoms with Crippen LogP contribution in [-0.4, -0.2) is 37.0 Å². The quantitative estimate of drug-likeness (QED) is 0.857. The fourth-order valence-corrected chi connectivity index (χ4v) is 3.32. The molecule has 2 heterocycles. The fourth-order valence-electron chi connectivity index (χ4n) is 3.32. The highest BCUT2D eigenvalue weighted by atomic mass is 19.3. The van der Waals surface area contributed by atoms with Gasteiger partial charge in [0.05, 0.1) is 18.3 Å². The van der Waals surface area contributed by atoms with Crippen LogP contribution in [0.1, 0.15) is 31.6 Å². The first kappa shape index (κ1) is 16.8.